The fourth-order valence-corrected chi connectivity index (χ4v) is 4.00. The lowest BCUT2D eigenvalue weighted by molar-refractivity contribution is 0.259. The number of aryl methyl sites for hydroxylation is 1. The smallest absolute Gasteiger partial charge is 0.191 e. The molecule has 2 N–H and O–H groups in total. The summed E-state index contributed by atoms with van der Waals surface area (Å²) in [6, 6.07) is 13.3. The molecule has 0 radical (unpaired) electrons. The molecule has 2 rings (SSSR count). The van der Waals surface area contributed by atoms with E-state index in [0.717, 1.165) is 35.5 Å². The van der Waals surface area contributed by atoms with Crippen molar-refractivity contribution in [1.82, 2.24) is 15.5 Å². The normalized spacial score (nSPS) is 12.1. The van der Waals surface area contributed by atoms with Crippen molar-refractivity contribution >= 4 is 15.8 Å². The van der Waals surface area contributed by atoms with Crippen LogP contribution in [0.2, 0.25) is 0 Å². The SMILES string of the molecule is CCNC(=NCc1ccc(S(C)(=O)=O)c(C)c1)NCc1ccccc1OCCN(C)C. The van der Waals surface area contributed by atoms with Crippen LogP contribution in [0.15, 0.2) is 52.4 Å². The first-order chi connectivity index (χ1) is 14.7. The van der Waals surface area contributed by atoms with Crippen LogP contribution in [0.4, 0.5) is 0 Å². The van der Waals surface area contributed by atoms with Crippen LogP contribution in [0.1, 0.15) is 23.6 Å². The van der Waals surface area contributed by atoms with Crippen LogP contribution < -0.4 is 15.4 Å². The van der Waals surface area contributed by atoms with E-state index in [-0.39, 0.29) is 0 Å². The standard InChI is InChI=1S/C23H34N4O3S/c1-6-24-23(25-16-19-11-12-22(18(2)15-19)31(5,28)29)26-17-20-9-7-8-10-21(20)30-14-13-27(3)4/h7-12,15H,6,13-14,16-17H2,1-5H3,(H2,24,25,26). The predicted molar refractivity (Wildman–Crippen MR) is 126 cm³/mol. The van der Waals surface area contributed by atoms with Crippen molar-refractivity contribution < 1.29 is 13.2 Å². The summed E-state index contributed by atoms with van der Waals surface area (Å²) in [7, 11) is 0.820. The van der Waals surface area contributed by atoms with Crippen molar-refractivity contribution in [2.45, 2.75) is 31.8 Å². The van der Waals surface area contributed by atoms with Crippen molar-refractivity contribution in [2.75, 3.05) is 40.0 Å². The van der Waals surface area contributed by atoms with Crippen LogP contribution in [0.25, 0.3) is 0 Å². The Balaban J connectivity index is 2.05. The third kappa shape index (κ3) is 8.22. The van der Waals surface area contributed by atoms with Gasteiger partial charge in [-0.2, -0.15) is 0 Å². The highest BCUT2D eigenvalue weighted by atomic mass is 32.2. The highest BCUT2D eigenvalue weighted by Crippen LogP contribution is 2.18. The molecule has 0 saturated carbocycles. The lowest BCUT2D eigenvalue weighted by Gasteiger charge is -2.16. The molecule has 0 aliphatic carbocycles. The zero-order valence-corrected chi connectivity index (χ0v) is 19.9. The molecule has 2 aromatic carbocycles. The number of ether oxygens (including phenoxy) is 1. The van der Waals surface area contributed by atoms with E-state index in [9.17, 15) is 8.42 Å². The van der Waals surface area contributed by atoms with Gasteiger partial charge in [0, 0.05) is 31.5 Å². The van der Waals surface area contributed by atoms with Crippen molar-refractivity contribution in [1.29, 1.82) is 0 Å². The van der Waals surface area contributed by atoms with E-state index in [2.05, 4.69) is 20.5 Å². The number of benzene rings is 2. The third-order valence-corrected chi connectivity index (χ3v) is 5.87. The summed E-state index contributed by atoms with van der Waals surface area (Å²) in [6.07, 6.45) is 1.22. The minimum absolute atomic E-state index is 0.358. The molecule has 170 valence electrons. The highest BCUT2D eigenvalue weighted by Gasteiger charge is 2.11. The molecule has 0 aliphatic heterocycles. The van der Waals surface area contributed by atoms with Gasteiger partial charge in [-0.1, -0.05) is 30.3 Å². The third-order valence-electron chi connectivity index (χ3n) is 4.62. The van der Waals surface area contributed by atoms with Crippen LogP contribution in [0.3, 0.4) is 0 Å². The van der Waals surface area contributed by atoms with Gasteiger partial charge in [-0.25, -0.2) is 13.4 Å². The van der Waals surface area contributed by atoms with Gasteiger partial charge in [-0.3, -0.25) is 0 Å². The highest BCUT2D eigenvalue weighted by molar-refractivity contribution is 7.90. The Kier molecular flexibility index (Phi) is 9.33. The number of para-hydroxylation sites is 1. The Morgan fingerprint density at radius 2 is 1.87 bits per heavy atom. The Hall–Kier alpha value is -2.58. The first-order valence-corrected chi connectivity index (χ1v) is 12.3. The number of likely N-dealkylation sites (N-methyl/N-ethyl adjacent to an activating group) is 1. The average molecular weight is 447 g/mol. The van der Waals surface area contributed by atoms with Crippen molar-refractivity contribution in [3.8, 4) is 5.75 Å². The Morgan fingerprint density at radius 3 is 2.52 bits per heavy atom. The molecule has 0 aliphatic rings. The summed E-state index contributed by atoms with van der Waals surface area (Å²) in [5, 5.41) is 6.60. The van der Waals surface area contributed by atoms with Crippen LogP contribution in [-0.2, 0) is 22.9 Å². The maximum absolute atomic E-state index is 11.8. The number of hydrogen-bond acceptors (Lipinski definition) is 5. The van der Waals surface area contributed by atoms with E-state index in [0.29, 0.717) is 30.6 Å². The maximum Gasteiger partial charge on any atom is 0.191 e. The van der Waals surface area contributed by atoms with Crippen molar-refractivity contribution in [3.05, 3.63) is 59.2 Å². The van der Waals surface area contributed by atoms with Crippen molar-refractivity contribution in [3.63, 3.8) is 0 Å². The van der Waals surface area contributed by atoms with E-state index in [1.165, 1.54) is 6.26 Å². The molecular formula is C23H34N4O3S. The van der Waals surface area contributed by atoms with Gasteiger partial charge in [0.1, 0.15) is 12.4 Å². The van der Waals surface area contributed by atoms with Crippen LogP contribution >= 0.6 is 0 Å². The van der Waals surface area contributed by atoms with Crippen molar-refractivity contribution in [2.24, 2.45) is 4.99 Å². The molecule has 0 bridgehead atoms. The van der Waals surface area contributed by atoms with E-state index in [4.69, 9.17) is 4.74 Å². The summed E-state index contributed by atoms with van der Waals surface area (Å²) < 4.78 is 29.5. The number of nitrogens with one attached hydrogen (secondary N) is 2. The van der Waals surface area contributed by atoms with E-state index in [1.807, 2.05) is 57.4 Å². The number of aliphatic imine (C=N–C) groups is 1. The van der Waals surface area contributed by atoms with Gasteiger partial charge in [-0.05, 0) is 51.2 Å². The average Bonchev–Trinajstić information content (AvgIpc) is 2.69. The molecule has 0 aromatic heterocycles. The van der Waals surface area contributed by atoms with E-state index >= 15 is 0 Å². The molecule has 0 saturated heterocycles. The molecule has 31 heavy (non-hydrogen) atoms. The molecule has 0 amide bonds. The zero-order valence-electron chi connectivity index (χ0n) is 19.1. The van der Waals surface area contributed by atoms with Gasteiger partial charge in [0.15, 0.2) is 15.8 Å². The topological polar surface area (TPSA) is 83.0 Å². The summed E-state index contributed by atoms with van der Waals surface area (Å²) >= 11 is 0. The minimum Gasteiger partial charge on any atom is -0.492 e. The molecule has 0 heterocycles. The Morgan fingerprint density at radius 1 is 1.13 bits per heavy atom. The largest absolute Gasteiger partial charge is 0.492 e. The van der Waals surface area contributed by atoms with Gasteiger partial charge in [0.25, 0.3) is 0 Å². The quantitative estimate of drug-likeness (QED) is 0.431. The Bertz CT molecular complexity index is 988. The zero-order chi connectivity index (χ0) is 22.9. The van der Waals surface area contributed by atoms with Gasteiger partial charge in [-0.15, -0.1) is 0 Å². The second kappa shape index (κ2) is 11.7. The van der Waals surface area contributed by atoms with Crippen LogP contribution in [-0.4, -0.2) is 59.3 Å². The molecule has 0 atom stereocenters. The number of guanidine groups is 1. The molecule has 8 heteroatoms. The van der Waals surface area contributed by atoms with E-state index in [1.54, 1.807) is 13.0 Å². The lowest BCUT2D eigenvalue weighted by Crippen LogP contribution is -2.36. The molecular weight excluding hydrogens is 412 g/mol. The van der Waals surface area contributed by atoms with E-state index < -0.39 is 9.84 Å². The number of hydrogen-bond donors (Lipinski definition) is 2. The monoisotopic (exact) mass is 446 g/mol. The van der Waals surface area contributed by atoms with Crippen LogP contribution in [0.5, 0.6) is 5.75 Å². The molecule has 0 fully saturated rings. The molecule has 0 spiro atoms. The summed E-state index contributed by atoms with van der Waals surface area (Å²) in [4.78, 5) is 7.09. The fourth-order valence-electron chi connectivity index (χ4n) is 3.05. The molecule has 7 nitrogen and oxygen atoms in total. The van der Waals surface area contributed by atoms with Gasteiger partial charge >= 0.3 is 0 Å². The first kappa shape index (κ1) is 24.7. The number of sulfone groups is 1. The van der Waals surface area contributed by atoms with Crippen LogP contribution in [0, 0.1) is 6.92 Å². The predicted octanol–water partition coefficient (Wildman–Crippen LogP) is 2.59. The molecule has 0 unspecified atom stereocenters. The summed E-state index contributed by atoms with van der Waals surface area (Å²) in [5.41, 5.74) is 2.74. The second-order valence-corrected chi connectivity index (χ2v) is 9.66. The van der Waals surface area contributed by atoms with Gasteiger partial charge < -0.3 is 20.3 Å². The number of nitrogens with zero attached hydrogens (tertiary/aromatic N) is 2. The fraction of sp³-hybridized carbons (Fsp3) is 0.435. The van der Waals surface area contributed by atoms with Gasteiger partial charge in [0.2, 0.25) is 0 Å². The molecule has 2 aromatic rings. The summed E-state index contributed by atoms with van der Waals surface area (Å²) in [5.74, 6) is 1.55. The summed E-state index contributed by atoms with van der Waals surface area (Å²) in [6.45, 7) is 7.06. The number of rotatable bonds is 10. The second-order valence-electron chi connectivity index (χ2n) is 7.68. The Labute approximate surface area is 186 Å². The maximum atomic E-state index is 11.8. The minimum atomic E-state index is -3.22. The lowest BCUT2D eigenvalue weighted by atomic mass is 10.1. The first-order valence-electron chi connectivity index (χ1n) is 10.4. The van der Waals surface area contributed by atoms with Gasteiger partial charge in [0.05, 0.1) is 11.4 Å².